The number of para-hydroxylation sites is 4. The molecule has 4 aromatic heterocycles. The van der Waals surface area contributed by atoms with E-state index in [1.54, 1.807) is 92.1 Å². The molecule has 0 unspecified atom stereocenters. The van der Waals surface area contributed by atoms with Gasteiger partial charge in [0.05, 0.1) is 102 Å². The third-order valence-electron chi connectivity index (χ3n) is 18.7. The lowest BCUT2D eigenvalue weighted by atomic mass is 9.95. The number of phenolic OH excluding ortho intramolecular Hbond substituents is 3. The molecule has 0 radical (unpaired) electrons. The molecule has 632 valence electrons. The van der Waals surface area contributed by atoms with Crippen molar-refractivity contribution in [1.29, 1.82) is 0 Å². The number of aliphatic hydroxyl groups excluding tert-OH is 4. The van der Waals surface area contributed by atoms with Gasteiger partial charge in [0.1, 0.15) is 28.2 Å². The van der Waals surface area contributed by atoms with Crippen molar-refractivity contribution in [2.75, 3.05) is 41.5 Å². The smallest absolute Gasteiger partial charge is 0.315 e. The molecule has 13 rings (SSSR count). The van der Waals surface area contributed by atoms with Crippen LogP contribution in [0.2, 0.25) is 0 Å². The lowest BCUT2D eigenvalue weighted by molar-refractivity contribution is -0.386. The second-order valence-electron chi connectivity index (χ2n) is 27.2. The number of rotatable bonds is 30. The molecule has 1 saturated heterocycles. The van der Waals surface area contributed by atoms with Crippen LogP contribution in [0.15, 0.2) is 227 Å². The highest BCUT2D eigenvalue weighted by Gasteiger charge is 2.24. The first kappa shape index (κ1) is 90.6. The molecule has 1 aliphatic heterocycles. The number of benzene rings is 8. The van der Waals surface area contributed by atoms with Gasteiger partial charge in [-0.3, -0.25) is 63.8 Å². The summed E-state index contributed by atoms with van der Waals surface area (Å²) in [4.78, 5) is 114. The number of allylic oxidation sites excluding steroid dienone is 6. The molecule has 5 heterocycles. The number of methoxy groups -OCH3 is 4. The standard InChI is InChI=1S/C33H24O6.C21H18N2O10.C21H22N2O6.C19H17NO3/c1-37-31-17-21(16-28-26-7-3-5-9-30(26)39-33(28)31)11-13-24(36)18-23(35)12-10-20-14-22(19-34)32-27(15-20)25-6-2-4-8-29(25)38-32;1-33-19-9-13(8-18(21(19)28)23(31)32)3-5-16(26)10-15(25)4-2-12-6-14(11-24)20(27)17(7-12)22(29)30;1-28-20-8-17(23-11-21(20)29-2)4-6-19(27)9-18(26)5-3-16-7-14(12-24)15(13-25)10-22-16;21-17-7-3-1-5-13(17)9-15-11-20-12-16(19(15)23)10-14-6-2-4-8-18(14)22/h2-17,34H,18-19H2,1H3;2-9,24,27-28H,10-11H2,1H3;3-8,10-11,24-25H,9,12-13H2,1-2H3;1-10,20-22H,11-12H2/b12-10+,13-11+;4-2+,5-3+;5-3+,6-4+;15-9+,16-10+. The number of nitrogens with zero attached hydrogens (tertiary/aromatic N) is 4. The van der Waals surface area contributed by atoms with Gasteiger partial charge in [-0.1, -0.05) is 97.1 Å². The number of nitro groups is 2. The zero-order valence-electron chi connectivity index (χ0n) is 66.9. The highest BCUT2D eigenvalue weighted by molar-refractivity contribution is 6.16. The highest BCUT2D eigenvalue weighted by Crippen LogP contribution is 2.40. The molecule has 0 aliphatic carbocycles. The van der Waals surface area contributed by atoms with Gasteiger partial charge in [-0.25, -0.2) is 0 Å². The van der Waals surface area contributed by atoms with Gasteiger partial charge in [0.2, 0.25) is 5.75 Å². The summed E-state index contributed by atoms with van der Waals surface area (Å²) >= 11 is 0. The second-order valence-corrected chi connectivity index (χ2v) is 27.2. The summed E-state index contributed by atoms with van der Waals surface area (Å²) in [5.74, 6) is -2.44. The Morgan fingerprint density at radius 3 is 1.27 bits per heavy atom. The van der Waals surface area contributed by atoms with Gasteiger partial charge in [-0.05, 0) is 155 Å². The minimum atomic E-state index is -0.843. The number of nitro benzene ring substituents is 2. The van der Waals surface area contributed by atoms with Crippen LogP contribution in [-0.2, 0) is 60.0 Å². The molecular weight excluding hydrogens is 1600 g/mol. The van der Waals surface area contributed by atoms with Crippen molar-refractivity contribution in [2.45, 2.75) is 45.7 Å². The molecule has 9 N–H and O–H groups in total. The topological polar surface area (TPSA) is 469 Å². The van der Waals surface area contributed by atoms with Crippen LogP contribution in [0.1, 0.15) is 86.3 Å². The molecule has 30 nitrogen and oxygen atoms in total. The Bertz CT molecular complexity index is 5980. The number of aromatic nitrogens is 2. The summed E-state index contributed by atoms with van der Waals surface area (Å²) < 4.78 is 32.5. The molecule has 0 saturated carbocycles. The fraction of sp³-hybridized carbons (Fsp3) is 0.138. The highest BCUT2D eigenvalue weighted by atomic mass is 16.6. The molecule has 0 bridgehead atoms. The van der Waals surface area contributed by atoms with Crippen LogP contribution in [0.5, 0.6) is 46.0 Å². The number of Topliss-reactive ketones (excluding diaryl/α,β-unsaturated/α-hetero) is 1. The van der Waals surface area contributed by atoms with E-state index in [4.69, 9.17) is 32.9 Å². The number of piperidine rings is 1. The van der Waals surface area contributed by atoms with Crippen molar-refractivity contribution in [3.05, 3.63) is 305 Å². The normalized spacial score (nSPS) is 12.8. The summed E-state index contributed by atoms with van der Waals surface area (Å²) in [7, 11) is 5.77. The first-order valence-electron chi connectivity index (χ1n) is 37.7. The lowest BCUT2D eigenvalue weighted by Gasteiger charge is -2.18. The fourth-order valence-corrected chi connectivity index (χ4v) is 12.5. The second kappa shape index (κ2) is 43.3. The molecule has 8 aromatic carbocycles. The van der Waals surface area contributed by atoms with Crippen LogP contribution in [0.3, 0.4) is 0 Å². The molecule has 124 heavy (non-hydrogen) atoms. The minimum absolute atomic E-state index is 0.0738. The van der Waals surface area contributed by atoms with E-state index >= 15 is 0 Å². The Kier molecular flexibility index (Phi) is 31.6. The van der Waals surface area contributed by atoms with E-state index in [1.807, 2.05) is 72.8 Å². The van der Waals surface area contributed by atoms with Crippen molar-refractivity contribution in [2.24, 2.45) is 0 Å². The maximum absolute atomic E-state index is 12.6. The first-order valence-corrected chi connectivity index (χ1v) is 37.7. The number of pyridine rings is 2. The Hall–Kier alpha value is -15.7. The Balaban J connectivity index is 0.000000176. The minimum Gasteiger partial charge on any atom is -0.507 e. The Morgan fingerprint density at radius 2 is 0.798 bits per heavy atom. The summed E-state index contributed by atoms with van der Waals surface area (Å²) in [6, 6.07) is 44.3. The number of carbonyl (C=O) groups is 7. The molecule has 0 atom stereocenters. The zero-order chi connectivity index (χ0) is 89.1. The molecule has 0 amide bonds. The van der Waals surface area contributed by atoms with Crippen molar-refractivity contribution in [1.82, 2.24) is 15.3 Å². The number of hydrogen-bond acceptors (Lipinski definition) is 28. The van der Waals surface area contributed by atoms with Crippen molar-refractivity contribution in [3.63, 3.8) is 0 Å². The van der Waals surface area contributed by atoms with Gasteiger partial charge in [0, 0.05) is 98.0 Å². The van der Waals surface area contributed by atoms with Crippen LogP contribution in [0, 0.1) is 20.2 Å². The summed E-state index contributed by atoms with van der Waals surface area (Å²) in [6.45, 7) is -0.439. The molecular formula is C94H81N5O25. The van der Waals surface area contributed by atoms with E-state index in [1.165, 1.54) is 94.5 Å². The number of ketones is 7. The van der Waals surface area contributed by atoms with E-state index in [2.05, 4.69) is 15.3 Å². The molecule has 30 heteroatoms. The molecule has 1 fully saturated rings. The number of ether oxygens (including phenoxy) is 4. The van der Waals surface area contributed by atoms with Crippen LogP contribution >= 0.6 is 0 Å². The largest absolute Gasteiger partial charge is 0.507 e. The number of nitrogens with one attached hydrogen (secondary N) is 1. The maximum Gasteiger partial charge on any atom is 0.315 e. The third-order valence-corrected chi connectivity index (χ3v) is 18.7. The van der Waals surface area contributed by atoms with Gasteiger partial charge in [-0.2, -0.15) is 0 Å². The average Bonchev–Trinajstić information content (AvgIpc) is 1.62. The SMILES string of the molecule is COc1cc(/C=C/C(=O)CC(=O)/C=C/c2cc(CO)c(O)c([N+](=O)[O-])c2)cc([N+](=O)[O-])c1O.COc1cc(/C=C/C(=O)CC(=O)/C=C/c2cc(CO)c3oc4ccccc4c3c2)cc2c1oc1ccccc12.COc1cnc(/C=C/C(=O)CC(=O)/C=C/c2cc(CO)c(CO)cn2)cc1OC.O=C1/C(=C/c2ccccc2O)CNC/C1=C\c1ccccc1O. The maximum atomic E-state index is 12.6. The Labute approximate surface area is 706 Å². The predicted molar refractivity (Wildman–Crippen MR) is 463 cm³/mol. The van der Waals surface area contributed by atoms with E-state index < -0.39 is 63.1 Å². The number of aliphatic hydroxyl groups is 4. The monoisotopic (exact) mass is 1680 g/mol. The van der Waals surface area contributed by atoms with E-state index in [0.717, 1.165) is 68.1 Å². The van der Waals surface area contributed by atoms with E-state index in [0.29, 0.717) is 91.9 Å². The van der Waals surface area contributed by atoms with Gasteiger partial charge < -0.3 is 74.0 Å². The van der Waals surface area contributed by atoms with Crippen molar-refractivity contribution >= 4 is 144 Å². The number of furan rings is 2. The molecule has 1 aliphatic rings. The van der Waals surface area contributed by atoms with Crippen molar-refractivity contribution < 1.29 is 112 Å². The number of hydrogen-bond donors (Lipinski definition) is 9. The molecule has 0 spiro atoms. The van der Waals surface area contributed by atoms with Gasteiger partial charge >= 0.3 is 11.4 Å². The summed E-state index contributed by atoms with van der Waals surface area (Å²) in [5, 5.41) is 105. The molecule has 12 aromatic rings. The lowest BCUT2D eigenvalue weighted by Crippen LogP contribution is -2.32. The number of phenols is 4. The van der Waals surface area contributed by atoms with Crippen LogP contribution in [0.4, 0.5) is 11.4 Å². The van der Waals surface area contributed by atoms with Gasteiger partial charge in [0.25, 0.3) is 0 Å². The summed E-state index contributed by atoms with van der Waals surface area (Å²) in [6.07, 6.45) is 21.2. The van der Waals surface area contributed by atoms with Crippen LogP contribution < -0.4 is 24.3 Å². The zero-order valence-corrected chi connectivity index (χ0v) is 66.9. The van der Waals surface area contributed by atoms with Crippen LogP contribution in [-0.4, -0.2) is 143 Å². The van der Waals surface area contributed by atoms with Gasteiger partial charge in [0.15, 0.2) is 74.8 Å². The summed E-state index contributed by atoms with van der Waals surface area (Å²) in [5.41, 5.74) is 8.22. The van der Waals surface area contributed by atoms with E-state index in [9.17, 15) is 89.5 Å². The number of aromatic hydroxyl groups is 4. The third kappa shape index (κ3) is 23.8. The number of fused-ring (bicyclic) bond motifs is 6. The predicted octanol–water partition coefficient (Wildman–Crippen LogP) is 14.4. The number of carbonyl (C=O) groups excluding carboxylic acids is 7. The van der Waals surface area contributed by atoms with Crippen molar-refractivity contribution in [3.8, 4) is 46.0 Å². The van der Waals surface area contributed by atoms with E-state index in [-0.39, 0.29) is 89.7 Å². The first-order chi connectivity index (χ1) is 59.7. The fourth-order valence-electron chi connectivity index (χ4n) is 12.5. The Morgan fingerprint density at radius 1 is 0.411 bits per heavy atom. The quantitative estimate of drug-likeness (QED) is 0.00873. The average molecular weight is 1680 g/mol. The van der Waals surface area contributed by atoms with Crippen LogP contribution in [0.25, 0.3) is 92.5 Å². The van der Waals surface area contributed by atoms with Gasteiger partial charge in [-0.15, -0.1) is 0 Å².